The van der Waals surface area contributed by atoms with Crippen LogP contribution in [0.3, 0.4) is 0 Å². The lowest BCUT2D eigenvalue weighted by Crippen LogP contribution is -2.32. The first kappa shape index (κ1) is 14.7. The van der Waals surface area contributed by atoms with Crippen molar-refractivity contribution in [3.8, 4) is 0 Å². The SMILES string of the molecule is C=CCN(CCC)S(=O)(=O)c1cc(F)ccc1N. The third-order valence-corrected chi connectivity index (χ3v) is 4.32. The normalized spacial score (nSPS) is 11.7. The topological polar surface area (TPSA) is 63.4 Å². The third-order valence-electron chi connectivity index (χ3n) is 2.40. The van der Waals surface area contributed by atoms with Gasteiger partial charge in [-0.15, -0.1) is 6.58 Å². The van der Waals surface area contributed by atoms with E-state index in [2.05, 4.69) is 6.58 Å². The van der Waals surface area contributed by atoms with Crippen LogP contribution < -0.4 is 5.73 Å². The van der Waals surface area contributed by atoms with Crippen molar-refractivity contribution in [1.29, 1.82) is 0 Å². The average molecular weight is 272 g/mol. The fourth-order valence-electron chi connectivity index (χ4n) is 1.57. The maximum atomic E-state index is 13.2. The van der Waals surface area contributed by atoms with Crippen LogP contribution in [-0.4, -0.2) is 25.8 Å². The lowest BCUT2D eigenvalue weighted by atomic mass is 10.3. The fourth-order valence-corrected chi connectivity index (χ4v) is 3.20. The number of rotatable bonds is 6. The summed E-state index contributed by atoms with van der Waals surface area (Å²) in [6, 6.07) is 3.32. The van der Waals surface area contributed by atoms with Gasteiger partial charge >= 0.3 is 0 Å². The van der Waals surface area contributed by atoms with Crippen LogP contribution >= 0.6 is 0 Å². The van der Waals surface area contributed by atoms with Crippen molar-refractivity contribution in [2.75, 3.05) is 18.8 Å². The van der Waals surface area contributed by atoms with Crippen LogP contribution in [-0.2, 0) is 10.0 Å². The molecule has 4 nitrogen and oxygen atoms in total. The van der Waals surface area contributed by atoms with E-state index >= 15 is 0 Å². The lowest BCUT2D eigenvalue weighted by Gasteiger charge is -2.20. The van der Waals surface area contributed by atoms with E-state index in [1.54, 1.807) is 0 Å². The highest BCUT2D eigenvalue weighted by molar-refractivity contribution is 7.89. The van der Waals surface area contributed by atoms with Crippen LogP contribution in [0.4, 0.5) is 10.1 Å². The summed E-state index contributed by atoms with van der Waals surface area (Å²) in [4.78, 5) is -0.196. The molecule has 0 unspecified atom stereocenters. The van der Waals surface area contributed by atoms with Crippen LogP contribution in [0.15, 0.2) is 35.7 Å². The molecular formula is C12H17FN2O2S. The smallest absolute Gasteiger partial charge is 0.245 e. The highest BCUT2D eigenvalue weighted by atomic mass is 32.2. The molecular weight excluding hydrogens is 255 g/mol. The van der Waals surface area contributed by atoms with Gasteiger partial charge in [-0.05, 0) is 24.6 Å². The monoisotopic (exact) mass is 272 g/mol. The summed E-state index contributed by atoms with van der Waals surface area (Å²) < 4.78 is 39.0. The molecule has 0 radical (unpaired) electrons. The Balaban J connectivity index is 3.25. The number of benzene rings is 1. The van der Waals surface area contributed by atoms with Gasteiger partial charge < -0.3 is 5.73 Å². The van der Waals surface area contributed by atoms with Crippen molar-refractivity contribution in [1.82, 2.24) is 4.31 Å². The summed E-state index contributed by atoms with van der Waals surface area (Å²) in [5, 5.41) is 0. The Morgan fingerprint density at radius 2 is 2.17 bits per heavy atom. The zero-order valence-electron chi connectivity index (χ0n) is 10.3. The van der Waals surface area contributed by atoms with Gasteiger partial charge in [-0.2, -0.15) is 4.31 Å². The van der Waals surface area contributed by atoms with Crippen LogP contribution in [0.5, 0.6) is 0 Å². The molecule has 0 amide bonds. The number of hydrogen-bond donors (Lipinski definition) is 1. The fraction of sp³-hybridized carbons (Fsp3) is 0.333. The molecule has 0 aliphatic rings. The highest BCUT2D eigenvalue weighted by Gasteiger charge is 2.25. The Bertz CT molecular complexity index is 529. The van der Waals surface area contributed by atoms with Gasteiger partial charge in [0.05, 0.1) is 5.69 Å². The summed E-state index contributed by atoms with van der Waals surface area (Å²) in [5.41, 5.74) is 5.65. The van der Waals surface area contributed by atoms with Gasteiger partial charge in [-0.3, -0.25) is 0 Å². The molecule has 0 saturated carbocycles. The second-order valence-electron chi connectivity index (χ2n) is 3.83. The summed E-state index contributed by atoms with van der Waals surface area (Å²) >= 11 is 0. The van der Waals surface area contributed by atoms with Gasteiger partial charge in [0.15, 0.2) is 0 Å². The largest absolute Gasteiger partial charge is 0.398 e. The molecule has 0 spiro atoms. The molecule has 1 aromatic carbocycles. The minimum absolute atomic E-state index is 0.0431. The molecule has 2 N–H and O–H groups in total. The second-order valence-corrected chi connectivity index (χ2v) is 5.74. The van der Waals surface area contributed by atoms with Gasteiger partial charge in [-0.25, -0.2) is 12.8 Å². The van der Waals surface area contributed by atoms with Gasteiger partial charge in [0.25, 0.3) is 0 Å². The molecule has 0 aromatic heterocycles. The Morgan fingerprint density at radius 3 is 2.72 bits per heavy atom. The summed E-state index contributed by atoms with van der Waals surface area (Å²) in [7, 11) is -3.78. The van der Waals surface area contributed by atoms with Gasteiger partial charge in [-0.1, -0.05) is 13.0 Å². The average Bonchev–Trinajstić information content (AvgIpc) is 2.32. The number of nitrogens with zero attached hydrogens (tertiary/aromatic N) is 1. The van der Waals surface area contributed by atoms with Crippen LogP contribution in [0.2, 0.25) is 0 Å². The minimum Gasteiger partial charge on any atom is -0.398 e. The zero-order valence-corrected chi connectivity index (χ0v) is 11.1. The molecule has 0 heterocycles. The highest BCUT2D eigenvalue weighted by Crippen LogP contribution is 2.23. The van der Waals surface area contributed by atoms with E-state index in [-0.39, 0.29) is 17.1 Å². The molecule has 0 saturated heterocycles. The predicted molar refractivity (Wildman–Crippen MR) is 70.1 cm³/mol. The number of nitrogens with two attached hydrogens (primary N) is 1. The molecule has 0 aliphatic heterocycles. The van der Waals surface area contributed by atoms with E-state index in [0.717, 1.165) is 12.1 Å². The molecule has 0 bridgehead atoms. The van der Waals surface area contributed by atoms with Gasteiger partial charge in [0.1, 0.15) is 10.7 Å². The quantitative estimate of drug-likeness (QED) is 0.636. The van der Waals surface area contributed by atoms with Crippen molar-refractivity contribution in [2.45, 2.75) is 18.2 Å². The minimum atomic E-state index is -3.78. The van der Waals surface area contributed by atoms with E-state index in [4.69, 9.17) is 5.73 Å². The Hall–Kier alpha value is -1.40. The summed E-state index contributed by atoms with van der Waals surface area (Å²) in [6.07, 6.45) is 2.14. The third kappa shape index (κ3) is 3.08. The first-order valence-corrected chi connectivity index (χ1v) is 7.03. The Labute approximate surface area is 107 Å². The maximum absolute atomic E-state index is 13.2. The molecule has 0 fully saturated rings. The maximum Gasteiger partial charge on any atom is 0.245 e. The first-order chi connectivity index (χ1) is 8.43. The lowest BCUT2D eigenvalue weighted by molar-refractivity contribution is 0.441. The molecule has 1 aromatic rings. The van der Waals surface area contributed by atoms with E-state index in [9.17, 15) is 12.8 Å². The molecule has 1 rings (SSSR count). The van der Waals surface area contributed by atoms with E-state index in [1.165, 1.54) is 16.4 Å². The second kappa shape index (κ2) is 5.97. The number of anilines is 1. The predicted octanol–water partition coefficient (Wildman–Crippen LogP) is 1.99. The van der Waals surface area contributed by atoms with E-state index in [0.29, 0.717) is 13.0 Å². The van der Waals surface area contributed by atoms with Crippen LogP contribution in [0.25, 0.3) is 0 Å². The molecule has 18 heavy (non-hydrogen) atoms. The number of halogens is 1. The Kier molecular flexibility index (Phi) is 4.86. The van der Waals surface area contributed by atoms with Crippen molar-refractivity contribution >= 4 is 15.7 Å². The summed E-state index contributed by atoms with van der Waals surface area (Å²) in [6.45, 7) is 5.89. The van der Waals surface area contributed by atoms with Crippen molar-refractivity contribution in [2.24, 2.45) is 0 Å². The van der Waals surface area contributed by atoms with Crippen LogP contribution in [0, 0.1) is 5.82 Å². The summed E-state index contributed by atoms with van der Waals surface area (Å²) in [5.74, 6) is -0.627. The number of hydrogen-bond acceptors (Lipinski definition) is 3. The number of sulfonamides is 1. The van der Waals surface area contributed by atoms with E-state index in [1.807, 2.05) is 6.92 Å². The molecule has 0 atom stereocenters. The standard InChI is InChI=1S/C12H17FN2O2S/c1-3-7-15(8-4-2)18(16,17)12-9-10(13)5-6-11(12)14/h3,5-6,9H,1,4,7-8,14H2,2H3. The molecule has 100 valence electrons. The van der Waals surface area contributed by atoms with Crippen molar-refractivity contribution in [3.63, 3.8) is 0 Å². The zero-order chi connectivity index (χ0) is 13.8. The van der Waals surface area contributed by atoms with Gasteiger partial charge in [0.2, 0.25) is 10.0 Å². The first-order valence-electron chi connectivity index (χ1n) is 5.59. The molecule has 6 heteroatoms. The number of nitrogen functional groups attached to an aromatic ring is 1. The van der Waals surface area contributed by atoms with Crippen molar-refractivity contribution in [3.05, 3.63) is 36.7 Å². The van der Waals surface area contributed by atoms with Crippen molar-refractivity contribution < 1.29 is 12.8 Å². The van der Waals surface area contributed by atoms with Gasteiger partial charge in [0, 0.05) is 13.1 Å². The van der Waals surface area contributed by atoms with E-state index < -0.39 is 15.8 Å². The Morgan fingerprint density at radius 1 is 1.50 bits per heavy atom. The molecule has 0 aliphatic carbocycles. The van der Waals surface area contributed by atoms with Crippen LogP contribution in [0.1, 0.15) is 13.3 Å².